The van der Waals surface area contributed by atoms with Gasteiger partial charge in [-0.3, -0.25) is 0 Å². The molecule has 2 fully saturated rings. The van der Waals surface area contributed by atoms with Crippen LogP contribution in [0.15, 0.2) is 0 Å². The van der Waals surface area contributed by atoms with Crippen LogP contribution in [0.3, 0.4) is 0 Å². The highest BCUT2D eigenvalue weighted by atomic mass is 16.7. The van der Waals surface area contributed by atoms with E-state index < -0.39 is 6.10 Å². The first kappa shape index (κ1) is 9.91. The molecule has 0 aromatic carbocycles. The predicted octanol–water partition coefficient (Wildman–Crippen LogP) is 0.804. The Kier molecular flexibility index (Phi) is 2.73. The van der Waals surface area contributed by atoms with E-state index in [9.17, 15) is 5.11 Å². The van der Waals surface area contributed by atoms with Crippen LogP contribution in [0.5, 0.6) is 0 Å². The average molecular weight is 197 g/mol. The molecule has 1 aliphatic carbocycles. The topological polar surface area (TPSA) is 62.5 Å². The molecule has 2 aliphatic rings. The van der Waals surface area contributed by atoms with Gasteiger partial charge in [0.1, 0.15) is 6.10 Å². The summed E-state index contributed by atoms with van der Waals surface area (Å²) < 4.78 is 11.1. The Morgan fingerprint density at radius 1 is 1.29 bits per heavy atom. The Hall–Kier alpha value is -0.630. The minimum absolute atomic E-state index is 0.0958. The summed E-state index contributed by atoms with van der Waals surface area (Å²) in [5, 5.41) is 18.0. The summed E-state index contributed by atoms with van der Waals surface area (Å²) in [6.45, 7) is 1.34. The van der Waals surface area contributed by atoms with E-state index in [-0.39, 0.29) is 11.7 Å². The van der Waals surface area contributed by atoms with Crippen molar-refractivity contribution in [2.24, 2.45) is 5.92 Å². The summed E-state index contributed by atoms with van der Waals surface area (Å²) in [4.78, 5) is 0. The maximum Gasteiger partial charge on any atom is 0.168 e. The number of aliphatic hydroxyl groups excluding tert-OH is 1. The zero-order valence-electron chi connectivity index (χ0n) is 8.11. The van der Waals surface area contributed by atoms with Gasteiger partial charge in [-0.25, -0.2) is 0 Å². The van der Waals surface area contributed by atoms with Crippen LogP contribution in [0.1, 0.15) is 25.7 Å². The molecule has 0 aromatic rings. The van der Waals surface area contributed by atoms with Gasteiger partial charge in [0.2, 0.25) is 0 Å². The van der Waals surface area contributed by atoms with Gasteiger partial charge in [-0.1, -0.05) is 0 Å². The maximum atomic E-state index is 9.37. The molecule has 1 aliphatic heterocycles. The second-order valence-corrected chi connectivity index (χ2v) is 4.02. The van der Waals surface area contributed by atoms with Crippen molar-refractivity contribution in [1.82, 2.24) is 0 Å². The van der Waals surface area contributed by atoms with E-state index in [0.717, 1.165) is 25.7 Å². The molecule has 1 atom stereocenters. The maximum absolute atomic E-state index is 9.37. The predicted molar refractivity (Wildman–Crippen MR) is 48.2 cm³/mol. The van der Waals surface area contributed by atoms with Gasteiger partial charge in [0.05, 0.1) is 19.3 Å². The smallest absolute Gasteiger partial charge is 0.168 e. The quantitative estimate of drug-likeness (QED) is 0.632. The summed E-state index contributed by atoms with van der Waals surface area (Å²) in [6, 6.07) is 1.89. The zero-order valence-corrected chi connectivity index (χ0v) is 8.11. The molecule has 4 nitrogen and oxygen atoms in total. The molecule has 0 bridgehead atoms. The van der Waals surface area contributed by atoms with Crippen LogP contribution < -0.4 is 0 Å². The second-order valence-electron chi connectivity index (χ2n) is 4.02. The van der Waals surface area contributed by atoms with Gasteiger partial charge in [-0.05, 0) is 18.8 Å². The highest BCUT2D eigenvalue weighted by molar-refractivity contribution is 4.93. The van der Waals surface area contributed by atoms with Crippen LogP contribution in [-0.4, -0.2) is 30.2 Å². The third-order valence-electron chi connectivity index (χ3n) is 3.18. The minimum atomic E-state index is -0.825. The number of hydrogen-bond donors (Lipinski definition) is 1. The molecule has 0 amide bonds. The fourth-order valence-electron chi connectivity index (χ4n) is 2.29. The zero-order chi connectivity index (χ0) is 10.0. The molecule has 4 heteroatoms. The van der Waals surface area contributed by atoms with Gasteiger partial charge < -0.3 is 14.6 Å². The fraction of sp³-hybridized carbons (Fsp3) is 0.900. The largest absolute Gasteiger partial charge is 0.378 e. The number of nitriles is 1. The summed E-state index contributed by atoms with van der Waals surface area (Å²) in [5.41, 5.74) is 0. The Bertz CT molecular complexity index is 232. The van der Waals surface area contributed by atoms with Crippen molar-refractivity contribution in [3.05, 3.63) is 0 Å². The fourth-order valence-corrected chi connectivity index (χ4v) is 2.29. The molecule has 1 saturated carbocycles. The number of ether oxygens (including phenoxy) is 2. The van der Waals surface area contributed by atoms with Gasteiger partial charge in [0, 0.05) is 12.8 Å². The van der Waals surface area contributed by atoms with Crippen LogP contribution in [0, 0.1) is 17.2 Å². The van der Waals surface area contributed by atoms with Crippen molar-refractivity contribution in [3.8, 4) is 6.07 Å². The van der Waals surface area contributed by atoms with Gasteiger partial charge in [-0.15, -0.1) is 0 Å². The molecule has 0 radical (unpaired) electrons. The van der Waals surface area contributed by atoms with E-state index in [1.165, 1.54) is 0 Å². The Labute approximate surface area is 83.4 Å². The Morgan fingerprint density at radius 2 is 1.86 bits per heavy atom. The van der Waals surface area contributed by atoms with Crippen molar-refractivity contribution in [3.63, 3.8) is 0 Å². The summed E-state index contributed by atoms with van der Waals surface area (Å²) in [5.74, 6) is -0.287. The SMILES string of the molecule is N#C[C@@H](O)C1CCC2(CC1)OCCO2. The summed E-state index contributed by atoms with van der Waals surface area (Å²) in [6.07, 6.45) is 2.41. The molecular formula is C10H15NO3. The van der Waals surface area contributed by atoms with Crippen molar-refractivity contribution in [1.29, 1.82) is 5.26 Å². The van der Waals surface area contributed by atoms with Gasteiger partial charge in [0.15, 0.2) is 5.79 Å². The van der Waals surface area contributed by atoms with E-state index in [2.05, 4.69) is 0 Å². The number of rotatable bonds is 1. The standard InChI is InChI=1S/C10H15NO3/c11-7-9(12)8-1-3-10(4-2-8)13-5-6-14-10/h8-9,12H,1-6H2/t9-/m1/s1. The van der Waals surface area contributed by atoms with E-state index in [0.29, 0.717) is 13.2 Å². The third kappa shape index (κ3) is 1.76. The van der Waals surface area contributed by atoms with E-state index in [4.69, 9.17) is 14.7 Å². The lowest BCUT2D eigenvalue weighted by Crippen LogP contribution is -2.37. The molecule has 78 valence electrons. The van der Waals surface area contributed by atoms with Crippen molar-refractivity contribution in [2.75, 3.05) is 13.2 Å². The van der Waals surface area contributed by atoms with Crippen LogP contribution in [0.4, 0.5) is 0 Å². The molecule has 0 unspecified atom stereocenters. The highest BCUT2D eigenvalue weighted by Gasteiger charge is 2.41. The molecule has 0 aromatic heterocycles. The van der Waals surface area contributed by atoms with Gasteiger partial charge in [0.25, 0.3) is 0 Å². The molecule has 14 heavy (non-hydrogen) atoms. The van der Waals surface area contributed by atoms with Crippen LogP contribution in [0.25, 0.3) is 0 Å². The Balaban J connectivity index is 1.89. The lowest BCUT2D eigenvalue weighted by molar-refractivity contribution is -0.185. The van der Waals surface area contributed by atoms with E-state index >= 15 is 0 Å². The second kappa shape index (κ2) is 3.85. The van der Waals surface area contributed by atoms with Crippen molar-refractivity contribution < 1.29 is 14.6 Å². The van der Waals surface area contributed by atoms with Crippen molar-refractivity contribution >= 4 is 0 Å². The monoisotopic (exact) mass is 197 g/mol. The number of hydrogen-bond acceptors (Lipinski definition) is 4. The van der Waals surface area contributed by atoms with Crippen LogP contribution >= 0.6 is 0 Å². The number of nitrogens with zero attached hydrogens (tertiary/aromatic N) is 1. The summed E-state index contributed by atoms with van der Waals surface area (Å²) in [7, 11) is 0. The summed E-state index contributed by atoms with van der Waals surface area (Å²) >= 11 is 0. The molecule has 2 rings (SSSR count). The lowest BCUT2D eigenvalue weighted by Gasteiger charge is -2.35. The number of aliphatic hydroxyl groups is 1. The van der Waals surface area contributed by atoms with Crippen LogP contribution in [0.2, 0.25) is 0 Å². The molecule has 1 heterocycles. The lowest BCUT2D eigenvalue weighted by atomic mass is 9.82. The van der Waals surface area contributed by atoms with Crippen LogP contribution in [-0.2, 0) is 9.47 Å². The minimum Gasteiger partial charge on any atom is -0.378 e. The van der Waals surface area contributed by atoms with E-state index in [1.54, 1.807) is 0 Å². The van der Waals surface area contributed by atoms with E-state index in [1.807, 2.05) is 6.07 Å². The molecule has 1 spiro atoms. The first-order chi connectivity index (χ1) is 6.76. The third-order valence-corrected chi connectivity index (χ3v) is 3.18. The molecule has 1 saturated heterocycles. The normalized spacial score (nSPS) is 28.9. The highest BCUT2D eigenvalue weighted by Crippen LogP contribution is 2.39. The molecular weight excluding hydrogens is 182 g/mol. The first-order valence-corrected chi connectivity index (χ1v) is 5.11. The van der Waals surface area contributed by atoms with Gasteiger partial charge in [-0.2, -0.15) is 5.26 Å². The van der Waals surface area contributed by atoms with Crippen molar-refractivity contribution in [2.45, 2.75) is 37.6 Å². The Morgan fingerprint density at radius 3 is 2.36 bits per heavy atom. The average Bonchev–Trinajstić information content (AvgIpc) is 2.67. The van der Waals surface area contributed by atoms with Gasteiger partial charge >= 0.3 is 0 Å². The molecule has 1 N–H and O–H groups in total. The first-order valence-electron chi connectivity index (χ1n) is 5.11.